The summed E-state index contributed by atoms with van der Waals surface area (Å²) in [6.45, 7) is 4.52. The Morgan fingerprint density at radius 3 is 2.77 bits per heavy atom. The van der Waals surface area contributed by atoms with Crippen LogP contribution in [0.4, 0.5) is 4.39 Å². The highest BCUT2D eigenvalue weighted by molar-refractivity contribution is 7.99. The van der Waals surface area contributed by atoms with Gasteiger partial charge in [-0.1, -0.05) is 25.1 Å². The minimum absolute atomic E-state index is 0.0569. The highest BCUT2D eigenvalue weighted by Gasteiger charge is 2.25. The SMILES string of the molecule is CCSCCC(=O)NC[C@@H](c1ccccc1F)N1CCCC1. The minimum Gasteiger partial charge on any atom is -0.354 e. The van der Waals surface area contributed by atoms with Gasteiger partial charge in [-0.05, 0) is 37.8 Å². The van der Waals surface area contributed by atoms with Crippen LogP contribution in [-0.4, -0.2) is 41.9 Å². The topological polar surface area (TPSA) is 32.3 Å². The van der Waals surface area contributed by atoms with Gasteiger partial charge in [-0.15, -0.1) is 0 Å². The predicted molar refractivity (Wildman–Crippen MR) is 90.6 cm³/mol. The first kappa shape index (κ1) is 17.3. The molecule has 5 heteroatoms. The maximum absolute atomic E-state index is 14.1. The molecule has 0 aromatic heterocycles. The third-order valence-corrected chi connectivity index (χ3v) is 4.92. The second-order valence-corrected chi connectivity index (χ2v) is 6.93. The molecule has 1 N–H and O–H groups in total. The van der Waals surface area contributed by atoms with Crippen LogP contribution in [0, 0.1) is 5.82 Å². The van der Waals surface area contributed by atoms with E-state index in [1.165, 1.54) is 6.07 Å². The zero-order chi connectivity index (χ0) is 15.8. The number of hydrogen-bond acceptors (Lipinski definition) is 3. The van der Waals surface area contributed by atoms with E-state index in [4.69, 9.17) is 0 Å². The summed E-state index contributed by atoms with van der Waals surface area (Å²) in [4.78, 5) is 14.2. The highest BCUT2D eigenvalue weighted by Crippen LogP contribution is 2.26. The lowest BCUT2D eigenvalue weighted by Crippen LogP contribution is -2.37. The second kappa shape index (κ2) is 9.16. The van der Waals surface area contributed by atoms with Crippen LogP contribution in [0.25, 0.3) is 0 Å². The number of rotatable bonds is 8. The zero-order valence-electron chi connectivity index (χ0n) is 13.2. The lowest BCUT2D eigenvalue weighted by Gasteiger charge is -2.28. The van der Waals surface area contributed by atoms with Crippen molar-refractivity contribution in [2.24, 2.45) is 0 Å². The van der Waals surface area contributed by atoms with Crippen LogP contribution in [0.2, 0.25) is 0 Å². The van der Waals surface area contributed by atoms with Gasteiger partial charge >= 0.3 is 0 Å². The molecular weight excluding hydrogens is 299 g/mol. The van der Waals surface area contributed by atoms with Crippen LogP contribution in [0.1, 0.15) is 37.8 Å². The summed E-state index contributed by atoms with van der Waals surface area (Å²) in [6, 6.07) is 6.84. The molecule has 0 saturated carbocycles. The van der Waals surface area contributed by atoms with E-state index in [2.05, 4.69) is 17.1 Å². The Hall–Kier alpha value is -1.07. The fraction of sp³-hybridized carbons (Fsp3) is 0.588. The van der Waals surface area contributed by atoms with Crippen molar-refractivity contribution in [1.82, 2.24) is 10.2 Å². The van der Waals surface area contributed by atoms with Crippen molar-refractivity contribution < 1.29 is 9.18 Å². The van der Waals surface area contributed by atoms with E-state index < -0.39 is 0 Å². The van der Waals surface area contributed by atoms with E-state index in [1.54, 1.807) is 17.8 Å². The highest BCUT2D eigenvalue weighted by atomic mass is 32.2. The molecule has 0 unspecified atom stereocenters. The number of likely N-dealkylation sites (tertiary alicyclic amines) is 1. The largest absolute Gasteiger partial charge is 0.354 e. The number of thioether (sulfide) groups is 1. The number of halogens is 1. The third kappa shape index (κ3) is 4.99. The molecule has 1 heterocycles. The number of carbonyl (C=O) groups is 1. The quantitative estimate of drug-likeness (QED) is 0.745. The molecule has 0 spiro atoms. The number of carbonyl (C=O) groups excluding carboxylic acids is 1. The van der Waals surface area contributed by atoms with Gasteiger partial charge in [0, 0.05) is 24.3 Å². The minimum atomic E-state index is -0.185. The second-order valence-electron chi connectivity index (χ2n) is 5.53. The van der Waals surface area contributed by atoms with E-state index in [9.17, 15) is 9.18 Å². The van der Waals surface area contributed by atoms with Crippen LogP contribution < -0.4 is 5.32 Å². The predicted octanol–water partition coefficient (Wildman–Crippen LogP) is 3.22. The molecule has 1 aromatic rings. The summed E-state index contributed by atoms with van der Waals surface area (Å²) >= 11 is 1.76. The Labute approximate surface area is 136 Å². The molecule has 1 aromatic carbocycles. The van der Waals surface area contributed by atoms with Crippen LogP contribution in [0.3, 0.4) is 0 Å². The Morgan fingerprint density at radius 1 is 1.36 bits per heavy atom. The van der Waals surface area contributed by atoms with Crippen molar-refractivity contribution in [3.8, 4) is 0 Å². The fourth-order valence-electron chi connectivity index (χ4n) is 2.84. The van der Waals surface area contributed by atoms with Gasteiger partial charge in [0.15, 0.2) is 0 Å². The van der Waals surface area contributed by atoms with Crippen LogP contribution in [0.15, 0.2) is 24.3 Å². The van der Waals surface area contributed by atoms with E-state index in [0.29, 0.717) is 18.5 Å². The summed E-state index contributed by atoms with van der Waals surface area (Å²) in [5.74, 6) is 1.74. The fourth-order valence-corrected chi connectivity index (χ4v) is 3.46. The van der Waals surface area contributed by atoms with Crippen molar-refractivity contribution in [3.05, 3.63) is 35.6 Å². The molecule has 122 valence electrons. The van der Waals surface area contributed by atoms with Gasteiger partial charge in [0.25, 0.3) is 0 Å². The van der Waals surface area contributed by atoms with Gasteiger partial charge < -0.3 is 5.32 Å². The number of hydrogen-bond donors (Lipinski definition) is 1. The molecular formula is C17H25FN2OS. The molecule has 3 nitrogen and oxygen atoms in total. The van der Waals surface area contributed by atoms with Gasteiger partial charge in [0.2, 0.25) is 5.91 Å². The molecule has 1 aliphatic heterocycles. The van der Waals surface area contributed by atoms with Gasteiger partial charge in [0.05, 0.1) is 6.04 Å². The van der Waals surface area contributed by atoms with Crippen LogP contribution in [0.5, 0.6) is 0 Å². The molecule has 1 atom stereocenters. The Kier molecular flexibility index (Phi) is 7.19. The lowest BCUT2D eigenvalue weighted by atomic mass is 10.0. The Morgan fingerprint density at radius 2 is 2.09 bits per heavy atom. The van der Waals surface area contributed by atoms with Crippen molar-refractivity contribution in [1.29, 1.82) is 0 Å². The van der Waals surface area contributed by atoms with Crippen LogP contribution >= 0.6 is 11.8 Å². The summed E-state index contributed by atoms with van der Waals surface area (Å²) in [5, 5.41) is 2.98. The molecule has 1 aliphatic rings. The summed E-state index contributed by atoms with van der Waals surface area (Å²) < 4.78 is 14.1. The maximum atomic E-state index is 14.1. The molecule has 1 fully saturated rings. The van der Waals surface area contributed by atoms with E-state index >= 15 is 0 Å². The average Bonchev–Trinajstić information content (AvgIpc) is 3.04. The molecule has 1 amide bonds. The van der Waals surface area contributed by atoms with Crippen molar-refractivity contribution in [2.75, 3.05) is 31.1 Å². The van der Waals surface area contributed by atoms with Gasteiger partial charge in [-0.2, -0.15) is 11.8 Å². The summed E-state index contributed by atoms with van der Waals surface area (Å²) in [5.41, 5.74) is 0.688. The van der Waals surface area contributed by atoms with Gasteiger partial charge in [-0.3, -0.25) is 9.69 Å². The first-order valence-electron chi connectivity index (χ1n) is 8.05. The number of benzene rings is 1. The lowest BCUT2D eigenvalue weighted by molar-refractivity contribution is -0.120. The first-order chi connectivity index (χ1) is 10.7. The molecule has 1 saturated heterocycles. The first-order valence-corrected chi connectivity index (χ1v) is 9.20. The van der Waals surface area contributed by atoms with Crippen molar-refractivity contribution >= 4 is 17.7 Å². The molecule has 2 rings (SSSR count). The average molecular weight is 324 g/mol. The van der Waals surface area contributed by atoms with Crippen molar-refractivity contribution in [2.45, 2.75) is 32.2 Å². The Bertz CT molecular complexity index is 477. The third-order valence-electron chi connectivity index (χ3n) is 4.02. The van der Waals surface area contributed by atoms with Crippen LogP contribution in [-0.2, 0) is 4.79 Å². The van der Waals surface area contributed by atoms with E-state index in [0.717, 1.165) is 37.4 Å². The number of nitrogens with one attached hydrogen (secondary N) is 1. The van der Waals surface area contributed by atoms with E-state index in [1.807, 2.05) is 12.1 Å². The molecule has 0 aliphatic carbocycles. The molecule has 22 heavy (non-hydrogen) atoms. The van der Waals surface area contributed by atoms with Gasteiger partial charge in [0.1, 0.15) is 5.82 Å². The normalized spacial score (nSPS) is 16.6. The molecule has 0 bridgehead atoms. The maximum Gasteiger partial charge on any atom is 0.220 e. The summed E-state index contributed by atoms with van der Waals surface area (Å²) in [7, 11) is 0. The monoisotopic (exact) mass is 324 g/mol. The number of nitrogens with zero attached hydrogens (tertiary/aromatic N) is 1. The Balaban J connectivity index is 1.97. The van der Waals surface area contributed by atoms with Crippen molar-refractivity contribution in [3.63, 3.8) is 0 Å². The zero-order valence-corrected chi connectivity index (χ0v) is 14.0. The van der Waals surface area contributed by atoms with E-state index in [-0.39, 0.29) is 17.8 Å². The smallest absolute Gasteiger partial charge is 0.220 e. The summed E-state index contributed by atoms with van der Waals surface area (Å²) in [6.07, 6.45) is 2.82. The molecule has 0 radical (unpaired) electrons. The standard InChI is InChI=1S/C17H25FN2OS/c1-2-22-12-9-17(21)19-13-16(20-10-5-6-11-20)14-7-3-4-8-15(14)18/h3-4,7-8,16H,2,5-6,9-13H2,1H3,(H,19,21)/t16-/m0/s1. The number of amides is 1. The van der Waals surface area contributed by atoms with Gasteiger partial charge in [-0.25, -0.2) is 4.39 Å².